The van der Waals surface area contributed by atoms with Crippen molar-refractivity contribution in [1.82, 2.24) is 15.1 Å². The largest absolute Gasteiger partial charge is 0.356 e. The van der Waals surface area contributed by atoms with E-state index in [0.717, 1.165) is 56.3 Å². The Morgan fingerprint density at radius 1 is 1.26 bits per heavy atom. The van der Waals surface area contributed by atoms with E-state index in [1.165, 1.54) is 0 Å². The van der Waals surface area contributed by atoms with E-state index in [-0.39, 0.29) is 28.9 Å². The molecule has 3 heterocycles. The molecule has 1 aromatic heterocycles. The van der Waals surface area contributed by atoms with Crippen LogP contribution in [0.3, 0.4) is 0 Å². The number of nitrogens with one attached hydrogen (secondary N) is 2. The molecule has 4 rings (SSSR count). The maximum absolute atomic E-state index is 13.4. The van der Waals surface area contributed by atoms with Crippen LogP contribution in [0.15, 0.2) is 47.1 Å². The van der Waals surface area contributed by atoms with Gasteiger partial charge in [-0.1, -0.05) is 35.7 Å². The molecule has 2 N–H and O–H groups in total. The highest BCUT2D eigenvalue weighted by Gasteiger charge is 2.26. The molecule has 0 radical (unpaired) electrons. The summed E-state index contributed by atoms with van der Waals surface area (Å²) < 4.78 is 7.82. The zero-order valence-electron chi connectivity index (χ0n) is 19.9. The maximum atomic E-state index is 13.4. The van der Waals surface area contributed by atoms with Crippen LogP contribution in [0.5, 0.6) is 0 Å². The maximum Gasteiger partial charge on any atom is 0.187 e. The van der Waals surface area contributed by atoms with Crippen LogP contribution < -0.4 is 5.32 Å². The van der Waals surface area contributed by atoms with E-state index in [4.69, 9.17) is 33.3 Å². The van der Waals surface area contributed by atoms with Gasteiger partial charge in [-0.2, -0.15) is 5.10 Å². The molecule has 186 valence electrons. The summed E-state index contributed by atoms with van der Waals surface area (Å²) in [6.07, 6.45) is 9.91. The number of piperidine rings is 1. The van der Waals surface area contributed by atoms with Crippen LogP contribution in [0, 0.1) is 5.41 Å². The number of rotatable bonds is 7. The Bertz CT molecular complexity index is 1130. The van der Waals surface area contributed by atoms with Crippen LogP contribution in [0.1, 0.15) is 74.1 Å². The summed E-state index contributed by atoms with van der Waals surface area (Å²) in [5, 5.41) is 16.8. The number of hydrogen-bond donors (Lipinski definition) is 2. The number of aromatic nitrogens is 2. The number of ether oxygens (including phenoxy) is 1. The van der Waals surface area contributed by atoms with E-state index < -0.39 is 0 Å². The van der Waals surface area contributed by atoms with E-state index in [2.05, 4.69) is 15.4 Å². The fourth-order valence-electron chi connectivity index (χ4n) is 4.63. The number of benzene rings is 1. The Kier molecular flexibility index (Phi) is 8.89. The van der Waals surface area contributed by atoms with Gasteiger partial charge in [0, 0.05) is 24.4 Å². The second kappa shape index (κ2) is 12.1. The van der Waals surface area contributed by atoms with E-state index in [0.29, 0.717) is 29.3 Å². The van der Waals surface area contributed by atoms with Crippen molar-refractivity contribution in [2.24, 2.45) is 4.99 Å². The standard InChI is InChI=1S/C26H31Cl2N5O2/c1-17(29)32-26(22-11-13-31-33(22)24-10-3-5-14-35-24)18(15-19-7-2-4-12-30-19)16-23(34)20-8-6-9-21(27)25(20)28/h6,8-9,11,13,16,19,24,29-30H,2-5,7,10,12,14-15H2,1H3/b18-16+,29-17?,32-26?. The van der Waals surface area contributed by atoms with Crippen molar-refractivity contribution in [2.75, 3.05) is 13.2 Å². The van der Waals surface area contributed by atoms with Crippen LogP contribution in [0.4, 0.5) is 0 Å². The zero-order valence-corrected chi connectivity index (χ0v) is 21.4. The van der Waals surface area contributed by atoms with E-state index >= 15 is 0 Å². The number of carbonyl (C=O) groups excluding carboxylic acids is 1. The number of amidine groups is 1. The predicted octanol–water partition coefficient (Wildman–Crippen LogP) is 6.02. The normalized spacial score (nSPS) is 21.7. The van der Waals surface area contributed by atoms with Gasteiger partial charge in [-0.05, 0) is 81.8 Å². The fourth-order valence-corrected chi connectivity index (χ4v) is 5.02. The third kappa shape index (κ3) is 6.47. The first-order chi connectivity index (χ1) is 16.9. The lowest BCUT2D eigenvalue weighted by atomic mass is 9.92. The van der Waals surface area contributed by atoms with Gasteiger partial charge in [0.25, 0.3) is 0 Å². The lowest BCUT2D eigenvalue weighted by molar-refractivity contribution is -0.0397. The summed E-state index contributed by atoms with van der Waals surface area (Å²) in [6, 6.07) is 7.12. The third-order valence-electron chi connectivity index (χ3n) is 6.33. The van der Waals surface area contributed by atoms with E-state index in [1.807, 2.05) is 10.7 Å². The number of ketones is 1. The molecule has 0 spiro atoms. The average molecular weight is 516 g/mol. The lowest BCUT2D eigenvalue weighted by Crippen LogP contribution is -2.35. The van der Waals surface area contributed by atoms with Crippen molar-refractivity contribution in [1.29, 1.82) is 5.41 Å². The summed E-state index contributed by atoms with van der Waals surface area (Å²) in [4.78, 5) is 18.0. The highest BCUT2D eigenvalue weighted by molar-refractivity contribution is 6.44. The minimum absolute atomic E-state index is 0.146. The molecule has 0 amide bonds. The number of nitrogens with zero attached hydrogens (tertiary/aromatic N) is 3. The van der Waals surface area contributed by atoms with Gasteiger partial charge in [0.2, 0.25) is 0 Å². The summed E-state index contributed by atoms with van der Waals surface area (Å²) in [5.74, 6) is -0.105. The topological polar surface area (TPSA) is 92.4 Å². The molecule has 2 saturated heterocycles. The lowest BCUT2D eigenvalue weighted by Gasteiger charge is -2.27. The summed E-state index contributed by atoms with van der Waals surface area (Å²) in [6.45, 7) is 3.25. The molecule has 2 atom stereocenters. The van der Waals surface area contributed by atoms with Crippen LogP contribution in [0.2, 0.25) is 10.0 Å². The van der Waals surface area contributed by atoms with Crippen molar-refractivity contribution >= 4 is 40.5 Å². The highest BCUT2D eigenvalue weighted by atomic mass is 35.5. The van der Waals surface area contributed by atoms with Gasteiger partial charge >= 0.3 is 0 Å². The molecule has 0 aliphatic carbocycles. The summed E-state index contributed by atoms with van der Waals surface area (Å²) in [7, 11) is 0. The van der Waals surface area contributed by atoms with Gasteiger partial charge < -0.3 is 10.1 Å². The fraction of sp³-hybridized carbons (Fsp3) is 0.462. The number of allylic oxidation sites excluding steroid dienone is 1. The highest BCUT2D eigenvalue weighted by Crippen LogP contribution is 2.29. The van der Waals surface area contributed by atoms with Crippen LogP contribution in [-0.2, 0) is 4.74 Å². The molecule has 9 heteroatoms. The molecule has 2 unspecified atom stereocenters. The molecule has 2 fully saturated rings. The Morgan fingerprint density at radius 2 is 2.09 bits per heavy atom. The molecule has 35 heavy (non-hydrogen) atoms. The molecule has 0 saturated carbocycles. The smallest absolute Gasteiger partial charge is 0.187 e. The molecule has 2 aliphatic heterocycles. The van der Waals surface area contributed by atoms with E-state index in [9.17, 15) is 4.79 Å². The van der Waals surface area contributed by atoms with Gasteiger partial charge in [-0.3, -0.25) is 10.2 Å². The SMILES string of the molecule is CC(=N)N=C(/C(=C/C(=O)c1cccc(Cl)c1Cl)CC1CCCCN1)c1ccnn1C1CCCCO1. The monoisotopic (exact) mass is 515 g/mol. The van der Waals surface area contributed by atoms with Gasteiger partial charge in [0.15, 0.2) is 12.0 Å². The Balaban J connectivity index is 1.78. The summed E-state index contributed by atoms with van der Waals surface area (Å²) >= 11 is 12.5. The van der Waals surface area contributed by atoms with Crippen LogP contribution in [0.25, 0.3) is 0 Å². The Morgan fingerprint density at radius 3 is 2.80 bits per heavy atom. The second-order valence-electron chi connectivity index (χ2n) is 9.01. The molecule has 1 aromatic carbocycles. The minimum atomic E-state index is -0.251. The molecule has 2 aromatic rings. The number of carbonyl (C=O) groups is 1. The first kappa shape index (κ1) is 25.8. The van der Waals surface area contributed by atoms with Gasteiger partial charge in [0.1, 0.15) is 5.84 Å². The number of halogens is 2. The minimum Gasteiger partial charge on any atom is -0.356 e. The predicted molar refractivity (Wildman–Crippen MR) is 140 cm³/mol. The Labute approximate surface area is 216 Å². The van der Waals surface area contributed by atoms with E-state index in [1.54, 1.807) is 37.4 Å². The van der Waals surface area contributed by atoms with Crippen LogP contribution >= 0.6 is 23.2 Å². The van der Waals surface area contributed by atoms with Crippen LogP contribution in [-0.4, -0.2) is 46.3 Å². The Hall–Kier alpha value is -2.32. The third-order valence-corrected chi connectivity index (χ3v) is 7.14. The van der Waals surface area contributed by atoms with Gasteiger partial charge in [0.05, 0.1) is 21.5 Å². The summed E-state index contributed by atoms with van der Waals surface area (Å²) in [5.41, 5.74) is 2.36. The molecular weight excluding hydrogens is 485 g/mol. The van der Waals surface area contributed by atoms with Gasteiger partial charge in [-0.15, -0.1) is 0 Å². The first-order valence-electron chi connectivity index (χ1n) is 12.2. The average Bonchev–Trinajstić information content (AvgIpc) is 3.34. The van der Waals surface area contributed by atoms with Crippen molar-refractivity contribution < 1.29 is 9.53 Å². The second-order valence-corrected chi connectivity index (χ2v) is 9.80. The molecule has 7 nitrogen and oxygen atoms in total. The molecule has 0 bridgehead atoms. The van der Waals surface area contributed by atoms with Gasteiger partial charge in [-0.25, -0.2) is 9.67 Å². The molecular formula is C26H31Cl2N5O2. The molecule has 2 aliphatic rings. The van der Waals surface area contributed by atoms with Crippen molar-refractivity contribution in [2.45, 2.75) is 64.1 Å². The number of hydrogen-bond acceptors (Lipinski definition) is 5. The van der Waals surface area contributed by atoms with Crippen molar-refractivity contribution in [3.05, 3.63) is 63.4 Å². The number of aliphatic imine (C=N–C) groups is 1. The zero-order chi connectivity index (χ0) is 24.8. The van der Waals surface area contributed by atoms with Crippen molar-refractivity contribution in [3.8, 4) is 0 Å². The van der Waals surface area contributed by atoms with Crippen molar-refractivity contribution in [3.63, 3.8) is 0 Å². The first-order valence-corrected chi connectivity index (χ1v) is 12.9. The quantitative estimate of drug-likeness (QED) is 0.204.